The molecule has 1 atom stereocenters. The largest absolute Gasteiger partial charge is 0.340 e. The van der Waals surface area contributed by atoms with Gasteiger partial charge in [-0.1, -0.05) is 6.07 Å². The van der Waals surface area contributed by atoms with Crippen LogP contribution in [-0.4, -0.2) is 60.7 Å². The van der Waals surface area contributed by atoms with Crippen LogP contribution in [0, 0.1) is 0 Å². The van der Waals surface area contributed by atoms with Crippen LogP contribution in [0.25, 0.3) is 10.8 Å². The zero-order valence-electron chi connectivity index (χ0n) is 14.8. The topological polar surface area (TPSA) is 96.6 Å². The molecular weight excluding hydrogens is 352 g/mol. The smallest absolute Gasteiger partial charge is 0.243 e. The van der Waals surface area contributed by atoms with Crippen molar-refractivity contribution < 1.29 is 13.2 Å². The number of carbonyl (C=O) groups excluding carboxylic acids is 1. The minimum absolute atomic E-state index is 0.0574. The van der Waals surface area contributed by atoms with Crippen molar-refractivity contribution >= 4 is 26.7 Å². The van der Waals surface area contributed by atoms with E-state index in [1.54, 1.807) is 41.6 Å². The van der Waals surface area contributed by atoms with E-state index in [9.17, 15) is 13.2 Å². The summed E-state index contributed by atoms with van der Waals surface area (Å²) in [5.41, 5.74) is 5.47. The molecule has 1 unspecified atom stereocenters. The molecule has 1 aromatic carbocycles. The Morgan fingerprint density at radius 2 is 2.00 bits per heavy atom. The molecule has 2 N–H and O–H groups in total. The van der Waals surface area contributed by atoms with E-state index < -0.39 is 10.0 Å². The van der Waals surface area contributed by atoms with E-state index in [2.05, 4.69) is 4.98 Å². The molecule has 1 aliphatic heterocycles. The lowest BCUT2D eigenvalue weighted by Crippen LogP contribution is -2.50. The molecule has 3 rings (SSSR count). The first kappa shape index (κ1) is 18.8. The number of carbonyl (C=O) groups is 1. The van der Waals surface area contributed by atoms with Crippen LogP contribution in [-0.2, 0) is 14.8 Å². The Kier molecular flexibility index (Phi) is 5.55. The maximum Gasteiger partial charge on any atom is 0.243 e. The molecule has 2 aromatic rings. The molecule has 2 heterocycles. The van der Waals surface area contributed by atoms with Gasteiger partial charge in [-0.2, -0.15) is 4.31 Å². The third-order valence-corrected chi connectivity index (χ3v) is 6.79. The average Bonchev–Trinajstić information content (AvgIpc) is 2.63. The first-order chi connectivity index (χ1) is 12.4. The predicted octanol–water partition coefficient (Wildman–Crippen LogP) is 1.20. The van der Waals surface area contributed by atoms with Crippen LogP contribution in [0.5, 0.6) is 0 Å². The first-order valence-corrected chi connectivity index (χ1v) is 10.2. The fourth-order valence-electron chi connectivity index (χ4n) is 3.36. The molecule has 7 nitrogen and oxygen atoms in total. The quantitative estimate of drug-likeness (QED) is 0.868. The van der Waals surface area contributed by atoms with Crippen molar-refractivity contribution in [3.8, 4) is 0 Å². The second-order valence-electron chi connectivity index (χ2n) is 6.60. The highest BCUT2D eigenvalue weighted by Gasteiger charge is 2.32. The van der Waals surface area contributed by atoms with E-state index in [0.717, 1.165) is 17.2 Å². The van der Waals surface area contributed by atoms with Crippen LogP contribution in [0.3, 0.4) is 0 Å². The Morgan fingerprint density at radius 3 is 2.77 bits per heavy atom. The lowest BCUT2D eigenvalue weighted by molar-refractivity contribution is -0.130. The minimum Gasteiger partial charge on any atom is -0.340 e. The normalized spacial score (nSPS) is 19.9. The van der Waals surface area contributed by atoms with Crippen LogP contribution >= 0.6 is 0 Å². The van der Waals surface area contributed by atoms with Crippen molar-refractivity contribution in [3.05, 3.63) is 36.7 Å². The number of sulfonamides is 1. The van der Waals surface area contributed by atoms with Crippen molar-refractivity contribution in [3.63, 3.8) is 0 Å². The first-order valence-electron chi connectivity index (χ1n) is 8.77. The summed E-state index contributed by atoms with van der Waals surface area (Å²) < 4.78 is 28.0. The van der Waals surface area contributed by atoms with E-state index in [-0.39, 0.29) is 23.4 Å². The van der Waals surface area contributed by atoms with Gasteiger partial charge in [0, 0.05) is 43.5 Å². The molecule has 1 aromatic heterocycles. The second kappa shape index (κ2) is 7.69. The minimum atomic E-state index is -3.65. The van der Waals surface area contributed by atoms with Crippen molar-refractivity contribution in [2.45, 2.75) is 30.7 Å². The van der Waals surface area contributed by atoms with Crippen molar-refractivity contribution in [1.82, 2.24) is 14.2 Å². The molecule has 0 radical (unpaired) electrons. The van der Waals surface area contributed by atoms with Gasteiger partial charge in [0.2, 0.25) is 15.9 Å². The van der Waals surface area contributed by atoms with Gasteiger partial charge in [-0.25, -0.2) is 8.42 Å². The van der Waals surface area contributed by atoms with E-state index >= 15 is 0 Å². The molecule has 26 heavy (non-hydrogen) atoms. The van der Waals surface area contributed by atoms with Gasteiger partial charge >= 0.3 is 0 Å². The molecule has 0 aliphatic carbocycles. The summed E-state index contributed by atoms with van der Waals surface area (Å²) in [7, 11) is -3.65. The van der Waals surface area contributed by atoms with Crippen molar-refractivity contribution in [1.29, 1.82) is 0 Å². The zero-order chi connectivity index (χ0) is 18.7. The Hall–Kier alpha value is -2.03. The number of nitrogens with zero attached hydrogens (tertiary/aromatic N) is 3. The number of benzene rings is 1. The number of amides is 1. The number of pyridine rings is 1. The lowest BCUT2D eigenvalue weighted by atomic mass is 10.2. The highest BCUT2D eigenvalue weighted by molar-refractivity contribution is 7.89. The van der Waals surface area contributed by atoms with Gasteiger partial charge in [0.1, 0.15) is 0 Å². The summed E-state index contributed by atoms with van der Waals surface area (Å²) in [5.74, 6) is -0.144. The molecule has 8 heteroatoms. The summed E-state index contributed by atoms with van der Waals surface area (Å²) >= 11 is 0. The number of aromatic nitrogens is 1. The van der Waals surface area contributed by atoms with Crippen LogP contribution in [0.1, 0.15) is 19.8 Å². The molecule has 1 aliphatic rings. The number of hydrogen-bond donors (Lipinski definition) is 1. The van der Waals surface area contributed by atoms with E-state index in [1.807, 2.05) is 6.92 Å². The number of fused-ring (bicyclic) bond motifs is 1. The summed E-state index contributed by atoms with van der Waals surface area (Å²) in [6.45, 7) is 3.20. The van der Waals surface area contributed by atoms with Gasteiger partial charge < -0.3 is 10.6 Å². The molecule has 1 saturated heterocycles. The van der Waals surface area contributed by atoms with Gasteiger partial charge in [-0.15, -0.1) is 0 Å². The van der Waals surface area contributed by atoms with Crippen LogP contribution < -0.4 is 5.73 Å². The summed E-state index contributed by atoms with van der Waals surface area (Å²) in [6, 6.07) is 6.55. The van der Waals surface area contributed by atoms with Crippen LogP contribution in [0.2, 0.25) is 0 Å². The zero-order valence-corrected chi connectivity index (χ0v) is 15.7. The van der Waals surface area contributed by atoms with E-state index in [1.165, 1.54) is 4.31 Å². The molecule has 1 amide bonds. The van der Waals surface area contributed by atoms with Gasteiger partial charge in [-0.05, 0) is 43.4 Å². The highest BCUT2D eigenvalue weighted by Crippen LogP contribution is 2.24. The second-order valence-corrected chi connectivity index (χ2v) is 8.49. The van der Waals surface area contributed by atoms with Gasteiger partial charge in [0.15, 0.2) is 0 Å². The molecule has 1 fully saturated rings. The van der Waals surface area contributed by atoms with E-state index in [4.69, 9.17) is 5.73 Å². The monoisotopic (exact) mass is 376 g/mol. The number of rotatable bonds is 3. The third-order valence-electron chi connectivity index (χ3n) is 4.78. The lowest BCUT2D eigenvalue weighted by Gasteiger charge is -2.35. The Bertz CT molecular complexity index is 900. The molecular formula is C18H24N4O3S. The summed E-state index contributed by atoms with van der Waals surface area (Å²) in [5, 5.41) is 1.73. The molecule has 140 valence electrons. The maximum absolute atomic E-state index is 13.2. The van der Waals surface area contributed by atoms with Gasteiger partial charge in [-0.3, -0.25) is 9.78 Å². The maximum atomic E-state index is 13.2. The van der Waals surface area contributed by atoms with Gasteiger partial charge in [0.05, 0.1) is 11.4 Å². The highest BCUT2D eigenvalue weighted by atomic mass is 32.2. The van der Waals surface area contributed by atoms with Gasteiger partial charge in [0.25, 0.3) is 0 Å². The van der Waals surface area contributed by atoms with Crippen LogP contribution in [0.15, 0.2) is 41.6 Å². The fourth-order valence-corrected chi connectivity index (χ4v) is 5.06. The SMILES string of the molecule is CC1CN(C(=O)CN)CCCCN1S(=O)(=O)c1ccc2cnccc2c1. The third kappa shape index (κ3) is 3.72. The fraction of sp³-hybridized carbons (Fsp3) is 0.444. The predicted molar refractivity (Wildman–Crippen MR) is 100.0 cm³/mol. The van der Waals surface area contributed by atoms with E-state index in [0.29, 0.717) is 26.1 Å². The molecule has 0 spiro atoms. The Labute approximate surface area is 153 Å². The van der Waals surface area contributed by atoms with Crippen molar-refractivity contribution in [2.24, 2.45) is 5.73 Å². The summed E-state index contributed by atoms with van der Waals surface area (Å²) in [4.78, 5) is 18.0. The average molecular weight is 376 g/mol. The number of nitrogens with two attached hydrogens (primary N) is 1. The molecule has 0 saturated carbocycles. The Balaban J connectivity index is 1.91. The molecule has 0 bridgehead atoms. The standard InChI is InChI=1S/C18H24N4O3S/c1-14-13-21(18(23)11-19)8-2-3-9-22(14)26(24,25)17-5-4-16-12-20-7-6-15(16)10-17/h4-7,10,12,14H,2-3,8-9,11,13,19H2,1H3. The summed E-state index contributed by atoms with van der Waals surface area (Å²) in [6.07, 6.45) is 4.82. The number of hydrogen-bond acceptors (Lipinski definition) is 5. The Morgan fingerprint density at radius 1 is 1.23 bits per heavy atom. The van der Waals surface area contributed by atoms with Crippen LogP contribution in [0.4, 0.5) is 0 Å². The van der Waals surface area contributed by atoms with Crippen molar-refractivity contribution in [2.75, 3.05) is 26.2 Å².